The van der Waals surface area contributed by atoms with Crippen LogP contribution < -0.4 is 10.1 Å². The van der Waals surface area contributed by atoms with Crippen LogP contribution in [0.2, 0.25) is 0 Å². The van der Waals surface area contributed by atoms with E-state index in [0.717, 1.165) is 17.7 Å². The number of ketones is 1. The highest BCUT2D eigenvalue weighted by Crippen LogP contribution is 2.17. The number of carbonyl (C=O) groups is 1. The molecule has 0 aliphatic rings. The summed E-state index contributed by atoms with van der Waals surface area (Å²) in [5.41, 5.74) is 1.99. The van der Waals surface area contributed by atoms with E-state index in [1.165, 1.54) is 19.1 Å². The summed E-state index contributed by atoms with van der Waals surface area (Å²) in [6.07, 6.45) is 0.758. The van der Waals surface area contributed by atoms with Gasteiger partial charge in [0.25, 0.3) is 0 Å². The molecule has 2 aromatic rings. The molecule has 0 amide bonds. The van der Waals surface area contributed by atoms with Gasteiger partial charge in [-0.1, -0.05) is 12.1 Å². The molecule has 0 saturated carbocycles. The largest absolute Gasteiger partial charge is 0.497 e. The zero-order chi connectivity index (χ0) is 15.2. The number of hydrogen-bond donors (Lipinski definition) is 1. The fourth-order valence-electron chi connectivity index (χ4n) is 2.01. The molecule has 0 spiro atoms. The lowest BCUT2D eigenvalue weighted by Crippen LogP contribution is -2.07. The number of nitrogens with one attached hydrogen (secondary N) is 1. The Labute approximate surface area is 123 Å². The molecular weight excluding hydrogens is 269 g/mol. The van der Waals surface area contributed by atoms with Gasteiger partial charge < -0.3 is 10.1 Å². The molecule has 2 aromatic carbocycles. The zero-order valence-electron chi connectivity index (χ0n) is 12.2. The van der Waals surface area contributed by atoms with Crippen molar-refractivity contribution >= 4 is 11.5 Å². The van der Waals surface area contributed by atoms with Gasteiger partial charge in [0.05, 0.1) is 12.8 Å². The van der Waals surface area contributed by atoms with Crippen molar-refractivity contribution in [1.82, 2.24) is 0 Å². The molecule has 0 aliphatic heterocycles. The van der Waals surface area contributed by atoms with E-state index in [0.29, 0.717) is 17.8 Å². The third-order valence-electron chi connectivity index (χ3n) is 3.26. The van der Waals surface area contributed by atoms with Crippen molar-refractivity contribution < 1.29 is 13.9 Å². The van der Waals surface area contributed by atoms with E-state index in [9.17, 15) is 9.18 Å². The lowest BCUT2D eigenvalue weighted by atomic mass is 10.1. The lowest BCUT2D eigenvalue weighted by molar-refractivity contribution is 0.101. The molecule has 0 atom stereocenters. The fraction of sp³-hybridized carbons (Fsp3) is 0.235. The van der Waals surface area contributed by atoms with Gasteiger partial charge in [-0.05, 0) is 49.2 Å². The lowest BCUT2D eigenvalue weighted by Gasteiger charge is -2.09. The highest BCUT2D eigenvalue weighted by Gasteiger charge is 2.06. The average molecular weight is 287 g/mol. The Morgan fingerprint density at radius 1 is 1.19 bits per heavy atom. The number of methoxy groups -OCH3 is 1. The number of halogens is 1. The van der Waals surface area contributed by atoms with Crippen LogP contribution in [0.15, 0.2) is 42.5 Å². The Balaban J connectivity index is 1.96. The van der Waals surface area contributed by atoms with Crippen molar-refractivity contribution in [3.8, 4) is 5.75 Å². The van der Waals surface area contributed by atoms with E-state index >= 15 is 0 Å². The maximum Gasteiger partial charge on any atom is 0.159 e. The quantitative estimate of drug-likeness (QED) is 0.823. The van der Waals surface area contributed by atoms with Gasteiger partial charge in [-0.3, -0.25) is 4.79 Å². The van der Waals surface area contributed by atoms with Gasteiger partial charge in [-0.2, -0.15) is 0 Å². The minimum Gasteiger partial charge on any atom is -0.497 e. The average Bonchev–Trinajstić information content (AvgIpc) is 2.49. The van der Waals surface area contributed by atoms with Gasteiger partial charge in [-0.15, -0.1) is 0 Å². The van der Waals surface area contributed by atoms with Crippen LogP contribution in [0.25, 0.3) is 0 Å². The highest BCUT2D eigenvalue weighted by molar-refractivity contribution is 5.94. The molecule has 0 heterocycles. The number of ether oxygens (including phenoxy) is 1. The number of anilines is 1. The predicted molar refractivity (Wildman–Crippen MR) is 81.6 cm³/mol. The van der Waals surface area contributed by atoms with Crippen LogP contribution in [0, 0.1) is 5.82 Å². The van der Waals surface area contributed by atoms with E-state index in [-0.39, 0.29) is 11.6 Å². The third-order valence-corrected chi connectivity index (χ3v) is 3.26. The smallest absolute Gasteiger partial charge is 0.159 e. The van der Waals surface area contributed by atoms with Crippen LogP contribution in [-0.2, 0) is 6.42 Å². The molecule has 0 aromatic heterocycles. The topological polar surface area (TPSA) is 38.3 Å². The van der Waals surface area contributed by atoms with E-state index in [1.54, 1.807) is 13.2 Å². The zero-order valence-corrected chi connectivity index (χ0v) is 12.2. The number of hydrogen-bond acceptors (Lipinski definition) is 3. The minimum absolute atomic E-state index is 0.0757. The standard InChI is InChI=1S/C17H18FNO2/c1-12(20)14-5-8-16(18)17(11-14)19-10-9-13-3-6-15(21-2)7-4-13/h3-8,11,19H,9-10H2,1-2H3. The first-order valence-electron chi connectivity index (χ1n) is 6.77. The molecule has 21 heavy (non-hydrogen) atoms. The van der Waals surface area contributed by atoms with Crippen molar-refractivity contribution in [3.05, 3.63) is 59.4 Å². The summed E-state index contributed by atoms with van der Waals surface area (Å²) in [5.74, 6) is 0.384. The summed E-state index contributed by atoms with van der Waals surface area (Å²) in [6, 6.07) is 12.1. The van der Waals surface area contributed by atoms with Gasteiger partial charge in [0.2, 0.25) is 0 Å². The van der Waals surface area contributed by atoms with Crippen LogP contribution in [0.5, 0.6) is 5.75 Å². The molecule has 0 radical (unpaired) electrons. The molecule has 3 nitrogen and oxygen atoms in total. The van der Waals surface area contributed by atoms with Gasteiger partial charge in [-0.25, -0.2) is 4.39 Å². The number of carbonyl (C=O) groups excluding carboxylic acids is 1. The molecular formula is C17H18FNO2. The number of benzene rings is 2. The maximum atomic E-state index is 13.7. The summed E-state index contributed by atoms with van der Waals surface area (Å²) >= 11 is 0. The summed E-state index contributed by atoms with van der Waals surface area (Å²) in [6.45, 7) is 2.05. The first-order chi connectivity index (χ1) is 10.1. The minimum atomic E-state index is -0.352. The molecule has 1 N–H and O–H groups in total. The van der Waals surface area contributed by atoms with Crippen LogP contribution in [0.3, 0.4) is 0 Å². The predicted octanol–water partition coefficient (Wildman–Crippen LogP) is 3.69. The molecule has 0 aliphatic carbocycles. The van der Waals surface area contributed by atoms with Crippen molar-refractivity contribution in [3.63, 3.8) is 0 Å². The van der Waals surface area contributed by atoms with Crippen LogP contribution in [-0.4, -0.2) is 19.4 Å². The van der Waals surface area contributed by atoms with E-state index in [1.807, 2.05) is 24.3 Å². The Kier molecular flexibility index (Phi) is 4.93. The molecule has 4 heteroatoms. The Morgan fingerprint density at radius 3 is 2.52 bits per heavy atom. The van der Waals surface area contributed by atoms with Crippen molar-refractivity contribution in [1.29, 1.82) is 0 Å². The Morgan fingerprint density at radius 2 is 1.90 bits per heavy atom. The van der Waals surface area contributed by atoms with Gasteiger partial charge >= 0.3 is 0 Å². The summed E-state index contributed by atoms with van der Waals surface area (Å²) in [5, 5.41) is 3.03. The Hall–Kier alpha value is -2.36. The molecule has 0 unspecified atom stereocenters. The normalized spacial score (nSPS) is 10.2. The second-order valence-corrected chi connectivity index (χ2v) is 4.78. The third kappa shape index (κ3) is 4.05. The fourth-order valence-corrected chi connectivity index (χ4v) is 2.01. The Bertz CT molecular complexity index is 623. The highest BCUT2D eigenvalue weighted by atomic mass is 19.1. The first-order valence-corrected chi connectivity index (χ1v) is 6.77. The van der Waals surface area contributed by atoms with Crippen LogP contribution in [0.4, 0.5) is 10.1 Å². The second kappa shape index (κ2) is 6.88. The van der Waals surface area contributed by atoms with Crippen molar-refractivity contribution in [2.75, 3.05) is 19.0 Å². The SMILES string of the molecule is COc1ccc(CCNc2cc(C(C)=O)ccc2F)cc1. The van der Waals surface area contributed by atoms with Gasteiger partial charge in [0.1, 0.15) is 11.6 Å². The molecule has 110 valence electrons. The van der Waals surface area contributed by atoms with Crippen molar-refractivity contribution in [2.45, 2.75) is 13.3 Å². The molecule has 2 rings (SSSR count). The van der Waals surface area contributed by atoms with E-state index < -0.39 is 0 Å². The monoisotopic (exact) mass is 287 g/mol. The second-order valence-electron chi connectivity index (χ2n) is 4.78. The summed E-state index contributed by atoms with van der Waals surface area (Å²) in [4.78, 5) is 11.3. The first kappa shape index (κ1) is 15.0. The summed E-state index contributed by atoms with van der Waals surface area (Å²) < 4.78 is 18.8. The van der Waals surface area contributed by atoms with Crippen molar-refractivity contribution in [2.24, 2.45) is 0 Å². The molecule has 0 fully saturated rings. The molecule has 0 saturated heterocycles. The number of rotatable bonds is 6. The van der Waals surface area contributed by atoms with E-state index in [2.05, 4.69) is 5.32 Å². The summed E-state index contributed by atoms with van der Waals surface area (Å²) in [7, 11) is 1.63. The van der Waals surface area contributed by atoms with Crippen LogP contribution >= 0.6 is 0 Å². The van der Waals surface area contributed by atoms with Crippen LogP contribution in [0.1, 0.15) is 22.8 Å². The van der Waals surface area contributed by atoms with E-state index in [4.69, 9.17) is 4.74 Å². The van der Waals surface area contributed by atoms with Gasteiger partial charge in [0, 0.05) is 12.1 Å². The van der Waals surface area contributed by atoms with Gasteiger partial charge in [0.15, 0.2) is 5.78 Å². The molecule has 0 bridgehead atoms. The maximum absolute atomic E-state index is 13.7. The number of Topliss-reactive ketones (excluding diaryl/α,β-unsaturated/α-hetero) is 1.